The monoisotopic (exact) mass is 250 g/mol. The lowest BCUT2D eigenvalue weighted by Crippen LogP contribution is -2.15. The molecule has 0 aromatic heterocycles. The molecule has 1 aromatic carbocycles. The van der Waals surface area contributed by atoms with Crippen molar-refractivity contribution in [2.24, 2.45) is 0 Å². The molecule has 0 N–H and O–H groups in total. The van der Waals surface area contributed by atoms with Crippen molar-refractivity contribution in [3.8, 4) is 5.75 Å². The summed E-state index contributed by atoms with van der Waals surface area (Å²) in [6.07, 6.45) is 1.27. The Morgan fingerprint density at radius 2 is 2.00 bits per heavy atom. The number of aldehydes is 1. The number of rotatable bonds is 6. The highest BCUT2D eigenvalue weighted by atomic mass is 16.6. The van der Waals surface area contributed by atoms with E-state index in [2.05, 4.69) is 0 Å². The number of hydrogen-bond donors (Lipinski definition) is 0. The van der Waals surface area contributed by atoms with Crippen molar-refractivity contribution in [2.75, 3.05) is 13.2 Å². The van der Waals surface area contributed by atoms with Crippen molar-refractivity contribution in [2.45, 2.75) is 27.2 Å². The van der Waals surface area contributed by atoms with Crippen molar-refractivity contribution in [3.63, 3.8) is 0 Å². The molecule has 0 saturated carbocycles. The van der Waals surface area contributed by atoms with Crippen LogP contribution >= 0.6 is 0 Å². The highest BCUT2D eigenvalue weighted by molar-refractivity contribution is 5.71. The van der Waals surface area contributed by atoms with Crippen LogP contribution in [0.2, 0.25) is 0 Å². The Morgan fingerprint density at radius 1 is 1.28 bits per heavy atom. The predicted octanol–water partition coefficient (Wildman–Crippen LogP) is 1.99. The molecule has 1 aromatic rings. The summed E-state index contributed by atoms with van der Waals surface area (Å²) in [5, 5.41) is 0. The van der Waals surface area contributed by atoms with Gasteiger partial charge >= 0.3 is 5.97 Å². The molecule has 0 aliphatic carbocycles. The third-order valence-corrected chi connectivity index (χ3v) is 2.59. The molecule has 0 fully saturated rings. The van der Waals surface area contributed by atoms with E-state index < -0.39 is 0 Å². The van der Waals surface area contributed by atoms with Crippen LogP contribution in [-0.4, -0.2) is 25.5 Å². The van der Waals surface area contributed by atoms with Crippen LogP contribution in [0.15, 0.2) is 12.1 Å². The minimum Gasteiger partial charge on any atom is -0.482 e. The lowest BCUT2D eigenvalue weighted by Gasteiger charge is -2.12. The number of aryl methyl sites for hydroxylation is 2. The summed E-state index contributed by atoms with van der Waals surface area (Å²) in [4.78, 5) is 21.7. The Labute approximate surface area is 107 Å². The van der Waals surface area contributed by atoms with Crippen molar-refractivity contribution < 1.29 is 19.1 Å². The first-order chi connectivity index (χ1) is 8.58. The summed E-state index contributed by atoms with van der Waals surface area (Å²) in [6.45, 7) is 5.80. The molecule has 0 saturated heterocycles. The lowest BCUT2D eigenvalue weighted by molar-refractivity contribution is -0.145. The van der Waals surface area contributed by atoms with Crippen LogP contribution in [0.25, 0.3) is 0 Å². The first-order valence-corrected chi connectivity index (χ1v) is 5.90. The van der Waals surface area contributed by atoms with Gasteiger partial charge in [-0.1, -0.05) is 6.07 Å². The first kappa shape index (κ1) is 14.2. The van der Waals surface area contributed by atoms with E-state index >= 15 is 0 Å². The summed E-state index contributed by atoms with van der Waals surface area (Å²) < 4.78 is 10.2. The molecule has 0 aliphatic rings. The molecule has 4 heteroatoms. The van der Waals surface area contributed by atoms with Gasteiger partial charge in [-0.25, -0.2) is 4.79 Å². The second-order valence-electron chi connectivity index (χ2n) is 4.01. The maximum atomic E-state index is 11.2. The fourth-order valence-corrected chi connectivity index (χ4v) is 1.65. The predicted molar refractivity (Wildman–Crippen MR) is 67.8 cm³/mol. The van der Waals surface area contributed by atoms with E-state index in [1.54, 1.807) is 6.92 Å². The number of hydrogen-bond acceptors (Lipinski definition) is 4. The smallest absolute Gasteiger partial charge is 0.344 e. The second-order valence-corrected chi connectivity index (χ2v) is 4.01. The third-order valence-electron chi connectivity index (χ3n) is 2.59. The van der Waals surface area contributed by atoms with Gasteiger partial charge in [0.2, 0.25) is 0 Å². The van der Waals surface area contributed by atoms with Crippen molar-refractivity contribution in [1.82, 2.24) is 0 Å². The molecule has 0 spiro atoms. The number of ether oxygens (including phenoxy) is 2. The molecule has 0 radical (unpaired) electrons. The van der Waals surface area contributed by atoms with Gasteiger partial charge in [0.25, 0.3) is 0 Å². The first-order valence-electron chi connectivity index (χ1n) is 5.90. The number of esters is 1. The highest BCUT2D eigenvalue weighted by Crippen LogP contribution is 2.23. The van der Waals surface area contributed by atoms with Crippen LogP contribution in [-0.2, 0) is 20.7 Å². The van der Waals surface area contributed by atoms with Crippen LogP contribution in [0.3, 0.4) is 0 Å². The summed E-state index contributed by atoms with van der Waals surface area (Å²) in [6, 6.07) is 3.75. The van der Waals surface area contributed by atoms with Crippen LogP contribution < -0.4 is 4.74 Å². The van der Waals surface area contributed by atoms with Gasteiger partial charge in [0.1, 0.15) is 12.0 Å². The Kier molecular flexibility index (Phi) is 5.36. The van der Waals surface area contributed by atoms with Gasteiger partial charge in [0, 0.05) is 6.42 Å². The van der Waals surface area contributed by atoms with E-state index in [-0.39, 0.29) is 12.6 Å². The van der Waals surface area contributed by atoms with Crippen molar-refractivity contribution in [3.05, 3.63) is 28.8 Å². The van der Waals surface area contributed by atoms with Gasteiger partial charge in [-0.15, -0.1) is 0 Å². The number of carbonyl (C=O) groups excluding carboxylic acids is 2. The quantitative estimate of drug-likeness (QED) is 0.572. The van der Waals surface area contributed by atoms with E-state index in [0.29, 0.717) is 18.8 Å². The van der Waals surface area contributed by atoms with Crippen LogP contribution in [0.4, 0.5) is 0 Å². The zero-order valence-electron chi connectivity index (χ0n) is 11.0. The molecule has 18 heavy (non-hydrogen) atoms. The van der Waals surface area contributed by atoms with Crippen LogP contribution in [0, 0.1) is 13.8 Å². The van der Waals surface area contributed by atoms with E-state index in [9.17, 15) is 9.59 Å². The summed E-state index contributed by atoms with van der Waals surface area (Å²) in [7, 11) is 0. The van der Waals surface area contributed by atoms with E-state index in [0.717, 1.165) is 23.0 Å². The maximum Gasteiger partial charge on any atom is 0.344 e. The van der Waals surface area contributed by atoms with E-state index in [4.69, 9.17) is 9.47 Å². The molecule has 98 valence electrons. The third kappa shape index (κ3) is 3.87. The van der Waals surface area contributed by atoms with Crippen molar-refractivity contribution in [1.29, 1.82) is 0 Å². The van der Waals surface area contributed by atoms with Crippen LogP contribution in [0.5, 0.6) is 5.75 Å². The second kappa shape index (κ2) is 6.79. The molecule has 1 rings (SSSR count). The lowest BCUT2D eigenvalue weighted by atomic mass is 10.0. The molecule has 0 atom stereocenters. The van der Waals surface area contributed by atoms with Gasteiger partial charge in [-0.2, -0.15) is 0 Å². The highest BCUT2D eigenvalue weighted by Gasteiger charge is 2.08. The van der Waals surface area contributed by atoms with Gasteiger partial charge in [0.05, 0.1) is 6.61 Å². The largest absolute Gasteiger partial charge is 0.482 e. The fourth-order valence-electron chi connectivity index (χ4n) is 1.65. The Balaban J connectivity index is 2.75. The molecule has 0 unspecified atom stereocenters. The molecule has 4 nitrogen and oxygen atoms in total. The van der Waals surface area contributed by atoms with Crippen LogP contribution in [0.1, 0.15) is 23.6 Å². The molecule has 0 amide bonds. The number of benzene rings is 1. The minimum atomic E-state index is -0.383. The molecular weight excluding hydrogens is 232 g/mol. The molecule has 0 heterocycles. The number of carbonyl (C=O) groups is 2. The summed E-state index contributed by atoms with van der Waals surface area (Å²) in [5.74, 6) is 0.265. The maximum absolute atomic E-state index is 11.2. The van der Waals surface area contributed by atoms with E-state index in [1.165, 1.54) is 0 Å². The summed E-state index contributed by atoms with van der Waals surface area (Å²) >= 11 is 0. The minimum absolute atomic E-state index is 0.0961. The zero-order chi connectivity index (χ0) is 13.5. The van der Waals surface area contributed by atoms with Gasteiger partial charge in [0.15, 0.2) is 6.61 Å². The average molecular weight is 250 g/mol. The van der Waals surface area contributed by atoms with E-state index in [1.807, 2.05) is 26.0 Å². The summed E-state index contributed by atoms with van der Waals surface area (Å²) in [5.41, 5.74) is 2.86. The Morgan fingerprint density at radius 3 is 2.61 bits per heavy atom. The normalized spacial score (nSPS) is 9.94. The average Bonchev–Trinajstić information content (AvgIpc) is 2.32. The fraction of sp³-hybridized carbons (Fsp3) is 0.429. The zero-order valence-corrected chi connectivity index (χ0v) is 11.0. The standard InChI is InChI=1S/C14H18O4/c1-4-17-14(16)9-18-13-8-10(2)12(5-6-15)7-11(13)3/h6-8H,4-5,9H2,1-3H3. The molecule has 0 bridgehead atoms. The molecule has 0 aliphatic heterocycles. The van der Waals surface area contributed by atoms with Gasteiger partial charge < -0.3 is 14.3 Å². The topological polar surface area (TPSA) is 52.6 Å². The van der Waals surface area contributed by atoms with Crippen molar-refractivity contribution >= 4 is 12.3 Å². The SMILES string of the molecule is CCOC(=O)COc1cc(C)c(CC=O)cc1C. The molecular formula is C14H18O4. The van der Waals surface area contributed by atoms with Gasteiger partial charge in [-0.3, -0.25) is 0 Å². The Bertz CT molecular complexity index is 438. The Hall–Kier alpha value is -1.84. The van der Waals surface area contributed by atoms with Gasteiger partial charge in [-0.05, 0) is 43.5 Å².